The van der Waals surface area contributed by atoms with Crippen molar-refractivity contribution in [3.63, 3.8) is 0 Å². The van der Waals surface area contributed by atoms with Crippen LogP contribution in [0.4, 0.5) is 5.69 Å². The van der Waals surface area contributed by atoms with Crippen LogP contribution < -0.4 is 4.31 Å². The molecule has 6 nitrogen and oxygen atoms in total. The summed E-state index contributed by atoms with van der Waals surface area (Å²) in [5.41, 5.74) is 0.00998. The largest absolute Gasteiger partial charge is 0.507 e. The van der Waals surface area contributed by atoms with Gasteiger partial charge >= 0.3 is 5.97 Å². The Morgan fingerprint density at radius 3 is 2.28 bits per heavy atom. The molecule has 1 fully saturated rings. The van der Waals surface area contributed by atoms with Crippen molar-refractivity contribution >= 4 is 32.5 Å². The number of aromatic carboxylic acids is 1. The van der Waals surface area contributed by atoms with Crippen LogP contribution >= 0.6 is 0 Å². The van der Waals surface area contributed by atoms with E-state index in [1.165, 1.54) is 22.5 Å². The van der Waals surface area contributed by atoms with Gasteiger partial charge in [0.15, 0.2) is 0 Å². The lowest BCUT2D eigenvalue weighted by molar-refractivity contribution is 0.0694. The molecule has 150 valence electrons. The first kappa shape index (κ1) is 19.3. The van der Waals surface area contributed by atoms with Gasteiger partial charge in [0.25, 0.3) is 10.0 Å². The molecule has 7 heteroatoms. The second-order valence-corrected chi connectivity index (χ2v) is 9.07. The van der Waals surface area contributed by atoms with Crippen LogP contribution in [-0.4, -0.2) is 30.6 Å². The molecule has 29 heavy (non-hydrogen) atoms. The zero-order valence-electron chi connectivity index (χ0n) is 15.7. The molecule has 1 aliphatic rings. The SMILES string of the molecule is O=C(O)c1ccc(N(C2CCCC2)S(=O)(=O)c2ccc3ccccc3c2)cc1O. The van der Waals surface area contributed by atoms with Gasteiger partial charge in [-0.25, -0.2) is 13.2 Å². The van der Waals surface area contributed by atoms with Crippen LogP contribution in [0.1, 0.15) is 36.0 Å². The topological polar surface area (TPSA) is 94.9 Å². The average molecular weight is 411 g/mol. The number of sulfonamides is 1. The summed E-state index contributed by atoms with van der Waals surface area (Å²) in [7, 11) is -3.90. The van der Waals surface area contributed by atoms with Gasteiger partial charge < -0.3 is 10.2 Å². The maximum Gasteiger partial charge on any atom is 0.339 e. The van der Waals surface area contributed by atoms with Crippen molar-refractivity contribution in [1.29, 1.82) is 0 Å². The van der Waals surface area contributed by atoms with Gasteiger partial charge in [-0.3, -0.25) is 4.31 Å². The monoisotopic (exact) mass is 411 g/mol. The van der Waals surface area contributed by atoms with Crippen molar-refractivity contribution < 1.29 is 23.4 Å². The summed E-state index contributed by atoms with van der Waals surface area (Å²) < 4.78 is 28.6. The first-order valence-corrected chi connectivity index (χ1v) is 10.9. The number of carboxylic acid groups (broad SMARTS) is 1. The zero-order chi connectivity index (χ0) is 20.6. The molecule has 1 saturated carbocycles. The van der Waals surface area contributed by atoms with Crippen molar-refractivity contribution in [2.75, 3.05) is 4.31 Å². The van der Waals surface area contributed by atoms with Crippen molar-refractivity contribution in [2.24, 2.45) is 0 Å². The second kappa shape index (κ2) is 7.40. The van der Waals surface area contributed by atoms with Crippen molar-refractivity contribution in [2.45, 2.75) is 36.6 Å². The van der Waals surface area contributed by atoms with Gasteiger partial charge in [0.1, 0.15) is 11.3 Å². The summed E-state index contributed by atoms with van der Waals surface area (Å²) in [6.07, 6.45) is 3.28. The molecule has 0 aliphatic heterocycles. The fourth-order valence-electron chi connectivity index (χ4n) is 3.96. The first-order chi connectivity index (χ1) is 13.9. The molecular formula is C22H21NO5S. The zero-order valence-corrected chi connectivity index (χ0v) is 16.5. The van der Waals surface area contributed by atoms with Crippen LogP contribution in [0, 0.1) is 0 Å². The van der Waals surface area contributed by atoms with Gasteiger partial charge in [-0.2, -0.15) is 0 Å². The highest BCUT2D eigenvalue weighted by Crippen LogP contribution is 2.36. The molecule has 0 heterocycles. The third-order valence-corrected chi connectivity index (χ3v) is 7.28. The molecule has 3 aromatic rings. The minimum Gasteiger partial charge on any atom is -0.507 e. The van der Waals surface area contributed by atoms with E-state index in [0.29, 0.717) is 12.8 Å². The van der Waals surface area contributed by atoms with E-state index in [4.69, 9.17) is 5.11 Å². The number of hydrogen-bond acceptors (Lipinski definition) is 4. The fourth-order valence-corrected chi connectivity index (χ4v) is 5.70. The Balaban J connectivity index is 1.84. The molecule has 0 radical (unpaired) electrons. The minimum absolute atomic E-state index is 0.171. The summed E-state index contributed by atoms with van der Waals surface area (Å²) in [5.74, 6) is -1.72. The molecule has 1 aliphatic carbocycles. The van der Waals surface area contributed by atoms with Crippen LogP contribution in [0.3, 0.4) is 0 Å². The highest BCUT2D eigenvalue weighted by molar-refractivity contribution is 7.92. The van der Waals surface area contributed by atoms with Crippen molar-refractivity contribution in [3.8, 4) is 5.75 Å². The number of aromatic hydroxyl groups is 1. The molecule has 2 N–H and O–H groups in total. The average Bonchev–Trinajstić information content (AvgIpc) is 3.21. The number of nitrogens with zero attached hydrogens (tertiary/aromatic N) is 1. The van der Waals surface area contributed by atoms with E-state index in [1.807, 2.05) is 24.3 Å². The number of carboxylic acids is 1. The molecule has 0 aromatic heterocycles. The van der Waals surface area contributed by atoms with Gasteiger partial charge in [0.2, 0.25) is 0 Å². The predicted octanol–water partition coefficient (Wildman–Crippen LogP) is 4.38. The van der Waals surface area contributed by atoms with E-state index in [0.717, 1.165) is 23.6 Å². The van der Waals surface area contributed by atoms with Crippen LogP contribution in [0.2, 0.25) is 0 Å². The van der Waals surface area contributed by atoms with Crippen LogP contribution in [-0.2, 0) is 10.0 Å². The summed E-state index contributed by atoms with van der Waals surface area (Å²) >= 11 is 0. The maximum atomic E-state index is 13.6. The third kappa shape index (κ3) is 3.53. The number of carbonyl (C=O) groups is 1. The maximum absolute atomic E-state index is 13.6. The Kier molecular flexibility index (Phi) is 4.92. The van der Waals surface area contributed by atoms with E-state index in [2.05, 4.69) is 0 Å². The predicted molar refractivity (Wildman–Crippen MR) is 111 cm³/mol. The number of phenols is 1. The van der Waals surface area contributed by atoms with E-state index in [9.17, 15) is 18.3 Å². The summed E-state index contributed by atoms with van der Waals surface area (Å²) in [4.78, 5) is 11.4. The number of fused-ring (bicyclic) bond motifs is 1. The standard InChI is InChI=1S/C22H21NO5S/c24-21-14-18(10-12-20(21)22(25)26)23(17-7-3-4-8-17)29(27,28)19-11-9-15-5-1-2-6-16(15)13-19/h1-2,5-6,9-14,17,24H,3-4,7-8H2,(H,25,26). The van der Waals surface area contributed by atoms with Gasteiger partial charge in [-0.1, -0.05) is 43.2 Å². The molecular weight excluding hydrogens is 390 g/mol. The van der Waals surface area contributed by atoms with Crippen molar-refractivity contribution in [3.05, 3.63) is 66.2 Å². The van der Waals surface area contributed by atoms with Gasteiger partial charge in [-0.15, -0.1) is 0 Å². The fraction of sp³-hybridized carbons (Fsp3) is 0.227. The minimum atomic E-state index is -3.90. The molecule has 4 rings (SSSR count). The molecule has 0 spiro atoms. The van der Waals surface area contributed by atoms with E-state index in [1.54, 1.807) is 18.2 Å². The second-order valence-electron chi connectivity index (χ2n) is 7.25. The summed E-state index contributed by atoms with van der Waals surface area (Å²) in [5, 5.41) is 21.1. The number of benzene rings is 3. The molecule has 0 atom stereocenters. The Hall–Kier alpha value is -3.06. The van der Waals surface area contributed by atoms with E-state index < -0.39 is 21.7 Å². The third-order valence-electron chi connectivity index (χ3n) is 5.40. The smallest absolute Gasteiger partial charge is 0.339 e. The van der Waals surface area contributed by atoms with Crippen LogP contribution in [0.15, 0.2) is 65.6 Å². The normalized spacial score (nSPS) is 14.9. The molecule has 0 amide bonds. The Morgan fingerprint density at radius 2 is 1.62 bits per heavy atom. The van der Waals surface area contributed by atoms with E-state index >= 15 is 0 Å². The van der Waals surface area contributed by atoms with E-state index in [-0.39, 0.29) is 22.2 Å². The molecule has 3 aromatic carbocycles. The van der Waals surface area contributed by atoms with Gasteiger partial charge in [-0.05, 0) is 47.9 Å². The number of anilines is 1. The highest BCUT2D eigenvalue weighted by atomic mass is 32.2. The van der Waals surface area contributed by atoms with Gasteiger partial charge in [0, 0.05) is 12.1 Å². The lowest BCUT2D eigenvalue weighted by Crippen LogP contribution is -2.39. The first-order valence-electron chi connectivity index (χ1n) is 9.47. The molecule has 0 bridgehead atoms. The van der Waals surface area contributed by atoms with Crippen LogP contribution in [0.5, 0.6) is 5.75 Å². The van der Waals surface area contributed by atoms with Crippen LogP contribution in [0.25, 0.3) is 10.8 Å². The number of rotatable bonds is 5. The summed E-state index contributed by atoms with van der Waals surface area (Å²) in [6, 6.07) is 16.2. The Bertz CT molecular complexity index is 1180. The summed E-state index contributed by atoms with van der Waals surface area (Å²) in [6.45, 7) is 0. The number of hydrogen-bond donors (Lipinski definition) is 2. The quantitative estimate of drug-likeness (QED) is 0.650. The lowest BCUT2D eigenvalue weighted by atomic mass is 10.1. The Labute approximate surface area is 169 Å². The molecule has 0 saturated heterocycles. The Morgan fingerprint density at radius 1 is 0.931 bits per heavy atom. The molecule has 0 unspecified atom stereocenters. The lowest BCUT2D eigenvalue weighted by Gasteiger charge is -2.30. The highest BCUT2D eigenvalue weighted by Gasteiger charge is 2.34. The van der Waals surface area contributed by atoms with Gasteiger partial charge in [0.05, 0.1) is 10.6 Å². The van der Waals surface area contributed by atoms with Crippen molar-refractivity contribution in [1.82, 2.24) is 0 Å².